The van der Waals surface area contributed by atoms with Gasteiger partial charge in [0.05, 0.1) is 86.8 Å². The van der Waals surface area contributed by atoms with Crippen molar-refractivity contribution < 1.29 is 57.1 Å². The average Bonchev–Trinajstić information content (AvgIpc) is 4.49. The van der Waals surface area contributed by atoms with E-state index < -0.39 is 8.07 Å². The van der Waals surface area contributed by atoms with Gasteiger partial charge in [0.2, 0.25) is 0 Å². The number of hydrogen-bond acceptors (Lipinski definition) is 14. The number of nitrogens with zero attached hydrogens (tertiary/aromatic N) is 2. The zero-order valence-corrected chi connectivity index (χ0v) is 50.1. The number of esters is 4. The molecule has 0 aliphatic carbocycles. The van der Waals surface area contributed by atoms with E-state index in [0.29, 0.717) is 105 Å². The molecule has 84 heavy (non-hydrogen) atoms. The van der Waals surface area contributed by atoms with Gasteiger partial charge >= 0.3 is 23.9 Å². The second-order valence-corrected chi connectivity index (χ2v) is 25.4. The molecule has 17 heteroatoms. The highest BCUT2D eigenvalue weighted by Gasteiger charge is 2.25. The average molecular weight is 1160 g/mol. The topological polar surface area (TPSA) is 199 Å². The first kappa shape index (κ1) is 61.2. The zero-order chi connectivity index (χ0) is 59.4. The number of ether oxygens (including phenoxy) is 8. The molecule has 3 aromatic carbocycles. The summed E-state index contributed by atoms with van der Waals surface area (Å²) in [6, 6.07) is 29.2. The Labute approximate surface area is 491 Å². The molecule has 2 aliphatic heterocycles. The molecule has 6 aromatic rings. The van der Waals surface area contributed by atoms with Crippen molar-refractivity contribution in [2.75, 3.05) is 52.9 Å². The number of rotatable bonds is 27. The third-order valence-electron chi connectivity index (χ3n) is 13.2. The first-order chi connectivity index (χ1) is 40.8. The van der Waals surface area contributed by atoms with Crippen LogP contribution in [0.4, 0.5) is 0 Å². The number of hydrogen-bond donors (Lipinski definition) is 2. The predicted molar refractivity (Wildman–Crippen MR) is 331 cm³/mol. The van der Waals surface area contributed by atoms with E-state index in [4.69, 9.17) is 47.9 Å². The number of fused-ring (bicyclic) bond motifs is 8. The maximum Gasteiger partial charge on any atom is 0.305 e. The van der Waals surface area contributed by atoms with E-state index in [9.17, 15) is 19.2 Å². The molecule has 16 nitrogen and oxygen atoms in total. The minimum Gasteiger partial charge on any atom is -0.493 e. The summed E-state index contributed by atoms with van der Waals surface area (Å²) in [4.78, 5) is 68.1. The van der Waals surface area contributed by atoms with Gasteiger partial charge in [-0.25, -0.2) is 9.97 Å². The van der Waals surface area contributed by atoms with Crippen LogP contribution in [0, 0.1) is 11.5 Å². The van der Waals surface area contributed by atoms with Crippen LogP contribution in [0.25, 0.3) is 79.8 Å². The number of benzene rings is 3. The number of carbonyl (C=O) groups is 4. The van der Waals surface area contributed by atoms with E-state index in [0.717, 1.165) is 27.7 Å². The summed E-state index contributed by atoms with van der Waals surface area (Å²) in [5.74, 6) is 4.34. The Kier molecular flexibility index (Phi) is 21.8. The Hall–Kier alpha value is -8.88. The van der Waals surface area contributed by atoms with E-state index in [1.165, 1.54) is 0 Å². The molecule has 8 bridgehead atoms. The van der Waals surface area contributed by atoms with Gasteiger partial charge in [0.1, 0.15) is 31.1 Å². The Morgan fingerprint density at radius 2 is 0.857 bits per heavy atom. The molecule has 0 saturated carbocycles. The molecular formula is C67H74N4O12Si. The number of aromatic amines is 2. The van der Waals surface area contributed by atoms with Crippen LogP contribution in [0.3, 0.4) is 0 Å². The molecule has 0 spiro atoms. The van der Waals surface area contributed by atoms with Crippen LogP contribution >= 0.6 is 0 Å². The van der Waals surface area contributed by atoms with Gasteiger partial charge in [0, 0.05) is 75.6 Å². The fraction of sp³-hybridized carbons (Fsp3) is 0.343. The molecule has 3 aromatic heterocycles. The van der Waals surface area contributed by atoms with E-state index >= 15 is 0 Å². The number of carbonyl (C=O) groups excluding carboxylic acids is 4. The van der Waals surface area contributed by atoms with Gasteiger partial charge in [0.15, 0.2) is 0 Å². The Bertz CT molecular complexity index is 3450. The van der Waals surface area contributed by atoms with Gasteiger partial charge in [0.25, 0.3) is 0 Å². The lowest BCUT2D eigenvalue weighted by Crippen LogP contribution is -2.16. The minimum absolute atomic E-state index is 0.180. The molecule has 0 radical (unpaired) electrons. The second-order valence-electron chi connectivity index (χ2n) is 20.7. The predicted octanol–water partition coefficient (Wildman–Crippen LogP) is 13.8. The van der Waals surface area contributed by atoms with Crippen molar-refractivity contribution in [1.29, 1.82) is 0 Å². The van der Waals surface area contributed by atoms with Gasteiger partial charge in [-0.05, 0) is 138 Å². The van der Waals surface area contributed by atoms with Gasteiger partial charge in [-0.2, -0.15) is 0 Å². The number of H-pyrrole nitrogens is 2. The highest BCUT2D eigenvalue weighted by molar-refractivity contribution is 6.83. The van der Waals surface area contributed by atoms with Crippen molar-refractivity contribution >= 4 is 78.3 Å². The Morgan fingerprint density at radius 1 is 0.452 bits per heavy atom. The van der Waals surface area contributed by atoms with Crippen LogP contribution < -0.4 is 18.9 Å². The Balaban J connectivity index is 1.41. The van der Waals surface area contributed by atoms with Crippen LogP contribution in [-0.2, 0) is 38.1 Å². The van der Waals surface area contributed by atoms with Crippen molar-refractivity contribution in [3.8, 4) is 67.8 Å². The lowest BCUT2D eigenvalue weighted by molar-refractivity contribution is -0.144. The molecule has 5 heterocycles. The van der Waals surface area contributed by atoms with E-state index in [-0.39, 0.29) is 102 Å². The largest absolute Gasteiger partial charge is 0.493 e. The quantitative estimate of drug-likeness (QED) is 0.0162. The highest BCUT2D eigenvalue weighted by atomic mass is 28.3. The lowest BCUT2D eigenvalue weighted by atomic mass is 9.98. The molecule has 0 fully saturated rings. The molecule has 0 amide bonds. The first-order valence-electron chi connectivity index (χ1n) is 28.9. The second kappa shape index (κ2) is 29.9. The monoisotopic (exact) mass is 1150 g/mol. The van der Waals surface area contributed by atoms with Crippen LogP contribution in [0.2, 0.25) is 19.6 Å². The van der Waals surface area contributed by atoms with E-state index in [2.05, 4.69) is 47.1 Å². The van der Waals surface area contributed by atoms with E-state index in [1.54, 1.807) is 27.7 Å². The van der Waals surface area contributed by atoms with Crippen molar-refractivity contribution in [2.24, 2.45) is 0 Å². The molecule has 0 atom stereocenters. The number of nitrogens with one attached hydrogen (secondary N) is 2. The third kappa shape index (κ3) is 16.4. The molecule has 438 valence electrons. The van der Waals surface area contributed by atoms with Gasteiger partial charge in [-0.1, -0.05) is 55.9 Å². The zero-order valence-electron chi connectivity index (χ0n) is 49.1. The van der Waals surface area contributed by atoms with Gasteiger partial charge in [-0.15, -0.1) is 5.54 Å². The summed E-state index contributed by atoms with van der Waals surface area (Å²) in [6.07, 6.45) is 10.2. The van der Waals surface area contributed by atoms with Crippen LogP contribution in [0.15, 0.2) is 91.0 Å². The smallest absolute Gasteiger partial charge is 0.305 e. The summed E-state index contributed by atoms with van der Waals surface area (Å²) in [6.45, 7) is 15.7. The molecule has 0 saturated heterocycles. The lowest BCUT2D eigenvalue weighted by Gasteiger charge is -2.18. The highest BCUT2D eigenvalue weighted by Crippen LogP contribution is 2.46. The summed E-state index contributed by atoms with van der Waals surface area (Å²) >= 11 is 0. The van der Waals surface area contributed by atoms with E-state index in [1.807, 2.05) is 109 Å². The molecule has 2 N–H and O–H groups in total. The van der Waals surface area contributed by atoms with Gasteiger partial charge in [-0.3, -0.25) is 19.2 Å². The number of aromatic nitrogens is 4. The maximum absolute atomic E-state index is 12.4. The summed E-state index contributed by atoms with van der Waals surface area (Å²) in [7, 11) is -1.88. The standard InChI is InChI=1S/C67H74N4O12Si/c1-8-76-59(72)26-16-39-80-55-22-14-23-56(81-40-17-27-60(73)77-9-2)66(55)64-51-32-30-46(68-51)44-47-31-33-52(69-47)65(67-57(82-41-18-28-61(74)78-10-3)24-15-25-58(67)83-42-19-29-62(75)79-11-4)54-37-35-50(71-54)63(49-34-36-53(64)70-49)48-21-13-12-20-45(48)38-43-84(5,6)7/h12-15,20-25,30-37,44,68,71H,8-11,16-19,26-29,39-42H2,1-7H3. The summed E-state index contributed by atoms with van der Waals surface area (Å²) in [5, 5.41) is 0. The van der Waals surface area contributed by atoms with Crippen LogP contribution in [0.5, 0.6) is 23.0 Å². The molecule has 8 rings (SSSR count). The first-order valence-corrected chi connectivity index (χ1v) is 32.4. The minimum atomic E-state index is -1.88. The van der Waals surface area contributed by atoms with Crippen molar-refractivity contribution in [2.45, 2.75) is 98.7 Å². The van der Waals surface area contributed by atoms with Gasteiger partial charge < -0.3 is 47.9 Å². The fourth-order valence-corrected chi connectivity index (χ4v) is 10.0. The maximum atomic E-state index is 12.4. The van der Waals surface area contributed by atoms with Crippen LogP contribution in [-0.4, -0.2) is 105 Å². The molecular weight excluding hydrogens is 1080 g/mol. The summed E-state index contributed by atoms with van der Waals surface area (Å²) < 4.78 is 47.3. The SMILES string of the molecule is CCOC(=O)CCCOc1cccc(OCCCC(=O)OCC)c1-c1c2nc(c(-c3ccccc3C#C[Si](C)(C)C)c3ccc([nH]3)c(-c3c(OCCCC(=O)OCC)cccc3OCCCC(=O)OCC)c3nc(cc4ccc1[nH]4)C=C3)C=C2. The Morgan fingerprint density at radius 3 is 1.32 bits per heavy atom. The van der Waals surface area contributed by atoms with Crippen molar-refractivity contribution in [3.63, 3.8) is 0 Å². The fourth-order valence-electron chi connectivity index (χ4n) is 9.54. The summed E-state index contributed by atoms with van der Waals surface area (Å²) in [5.41, 5.74) is 13.9. The molecule has 2 aliphatic rings. The normalized spacial score (nSPS) is 11.6. The van der Waals surface area contributed by atoms with Crippen molar-refractivity contribution in [1.82, 2.24) is 19.9 Å². The van der Waals surface area contributed by atoms with Crippen molar-refractivity contribution in [3.05, 3.63) is 119 Å². The third-order valence-corrected chi connectivity index (χ3v) is 14.0. The van der Waals surface area contributed by atoms with Crippen LogP contribution in [0.1, 0.15) is 107 Å². The molecule has 0 unspecified atom stereocenters.